The molecule has 1 aliphatic heterocycles. The van der Waals surface area contributed by atoms with Gasteiger partial charge < -0.3 is 10.2 Å². The summed E-state index contributed by atoms with van der Waals surface area (Å²) in [7, 11) is -2.83. The van der Waals surface area contributed by atoms with Crippen LogP contribution in [0.1, 0.15) is 31.9 Å². The maximum atomic E-state index is 11.5. The molecule has 0 radical (unpaired) electrons. The Balaban J connectivity index is 2.16. The lowest BCUT2D eigenvalue weighted by atomic mass is 10.0. The molecule has 1 aromatic rings. The van der Waals surface area contributed by atoms with Crippen LogP contribution in [0.4, 0.5) is 5.69 Å². The number of nitrogens with zero attached hydrogens (tertiary/aromatic N) is 1. The van der Waals surface area contributed by atoms with Crippen molar-refractivity contribution in [2.45, 2.75) is 26.3 Å². The van der Waals surface area contributed by atoms with Crippen molar-refractivity contribution in [1.82, 2.24) is 5.32 Å². The second-order valence-corrected chi connectivity index (χ2v) is 7.68. The summed E-state index contributed by atoms with van der Waals surface area (Å²) in [5, 5.41) is 3.50. The molecule has 0 aliphatic carbocycles. The summed E-state index contributed by atoms with van der Waals surface area (Å²) in [6, 6.07) is 8.58. The van der Waals surface area contributed by atoms with Crippen molar-refractivity contribution in [2.24, 2.45) is 0 Å². The van der Waals surface area contributed by atoms with Crippen LogP contribution >= 0.6 is 0 Å². The SMILES string of the molecule is CCCNC(C)c1ccccc1N1CCS(=O)(=O)CC1. The molecule has 0 amide bonds. The molecule has 20 heavy (non-hydrogen) atoms. The highest BCUT2D eigenvalue weighted by Gasteiger charge is 2.23. The van der Waals surface area contributed by atoms with Crippen LogP contribution in [0, 0.1) is 0 Å². The van der Waals surface area contributed by atoms with Gasteiger partial charge in [-0.3, -0.25) is 0 Å². The normalized spacial score (nSPS) is 19.8. The van der Waals surface area contributed by atoms with Gasteiger partial charge >= 0.3 is 0 Å². The van der Waals surface area contributed by atoms with Crippen molar-refractivity contribution in [1.29, 1.82) is 0 Å². The molecule has 0 saturated carbocycles. The lowest BCUT2D eigenvalue weighted by Gasteiger charge is -2.32. The van der Waals surface area contributed by atoms with E-state index in [9.17, 15) is 8.42 Å². The van der Waals surface area contributed by atoms with Crippen molar-refractivity contribution in [3.63, 3.8) is 0 Å². The third-order valence-electron chi connectivity index (χ3n) is 3.79. The Morgan fingerprint density at radius 3 is 2.55 bits per heavy atom. The first-order valence-electron chi connectivity index (χ1n) is 7.31. The van der Waals surface area contributed by atoms with Gasteiger partial charge in [0.15, 0.2) is 9.84 Å². The van der Waals surface area contributed by atoms with E-state index in [4.69, 9.17) is 0 Å². The zero-order valence-corrected chi connectivity index (χ0v) is 13.1. The van der Waals surface area contributed by atoms with Crippen LogP contribution in [0.3, 0.4) is 0 Å². The number of hydrogen-bond acceptors (Lipinski definition) is 4. The lowest BCUT2D eigenvalue weighted by molar-refractivity contribution is 0.567. The molecule has 112 valence electrons. The Morgan fingerprint density at radius 1 is 1.25 bits per heavy atom. The number of nitrogens with one attached hydrogen (secondary N) is 1. The van der Waals surface area contributed by atoms with E-state index in [1.54, 1.807) is 0 Å². The molecule has 1 N–H and O–H groups in total. The van der Waals surface area contributed by atoms with Crippen molar-refractivity contribution < 1.29 is 8.42 Å². The van der Waals surface area contributed by atoms with Gasteiger partial charge in [0.05, 0.1) is 11.5 Å². The van der Waals surface area contributed by atoms with Gasteiger partial charge in [-0.2, -0.15) is 0 Å². The van der Waals surface area contributed by atoms with Crippen LogP contribution in [-0.2, 0) is 9.84 Å². The minimum atomic E-state index is -2.83. The standard InChI is InChI=1S/C15H24N2O2S/c1-3-8-16-13(2)14-6-4-5-7-15(14)17-9-11-20(18,19)12-10-17/h4-7,13,16H,3,8-12H2,1-2H3. The molecule has 2 rings (SSSR count). The highest BCUT2D eigenvalue weighted by Crippen LogP contribution is 2.27. The number of benzene rings is 1. The van der Waals surface area contributed by atoms with Gasteiger partial charge in [0.1, 0.15) is 0 Å². The molecule has 0 spiro atoms. The summed E-state index contributed by atoms with van der Waals surface area (Å²) >= 11 is 0. The largest absolute Gasteiger partial charge is 0.369 e. The van der Waals surface area contributed by atoms with E-state index in [0.717, 1.165) is 13.0 Å². The summed E-state index contributed by atoms with van der Waals surface area (Å²) < 4.78 is 23.1. The second kappa shape index (κ2) is 6.59. The highest BCUT2D eigenvalue weighted by molar-refractivity contribution is 7.91. The fraction of sp³-hybridized carbons (Fsp3) is 0.600. The molecule has 0 aromatic heterocycles. The summed E-state index contributed by atoms with van der Waals surface area (Å²) in [4.78, 5) is 2.19. The summed E-state index contributed by atoms with van der Waals surface area (Å²) in [5.74, 6) is 0.524. The minimum absolute atomic E-state index is 0.262. The quantitative estimate of drug-likeness (QED) is 0.902. The summed E-state index contributed by atoms with van der Waals surface area (Å²) in [5.41, 5.74) is 2.42. The average Bonchev–Trinajstić information content (AvgIpc) is 2.45. The fourth-order valence-electron chi connectivity index (χ4n) is 2.57. The molecule has 1 saturated heterocycles. The predicted octanol–water partition coefficient (Wildman–Crippen LogP) is 1.98. The molecule has 4 nitrogen and oxygen atoms in total. The van der Waals surface area contributed by atoms with E-state index >= 15 is 0 Å². The Morgan fingerprint density at radius 2 is 1.90 bits per heavy atom. The number of anilines is 1. The molecule has 0 bridgehead atoms. The molecule has 1 aliphatic rings. The van der Waals surface area contributed by atoms with Crippen LogP contribution in [0.5, 0.6) is 0 Å². The Kier molecular flexibility index (Phi) is 5.05. The maximum Gasteiger partial charge on any atom is 0.153 e. The molecule has 1 unspecified atom stereocenters. The van der Waals surface area contributed by atoms with Gasteiger partial charge in [-0.15, -0.1) is 0 Å². The first-order chi connectivity index (χ1) is 9.53. The molecule has 1 atom stereocenters. The number of rotatable bonds is 5. The molecule has 1 heterocycles. The van der Waals surface area contributed by atoms with E-state index < -0.39 is 9.84 Å². The van der Waals surface area contributed by atoms with Gasteiger partial charge in [-0.1, -0.05) is 25.1 Å². The summed E-state index contributed by atoms with van der Waals surface area (Å²) in [6.45, 7) is 6.50. The van der Waals surface area contributed by atoms with E-state index in [1.807, 2.05) is 12.1 Å². The van der Waals surface area contributed by atoms with Gasteiger partial charge in [0.2, 0.25) is 0 Å². The van der Waals surface area contributed by atoms with Crippen molar-refractivity contribution in [3.05, 3.63) is 29.8 Å². The monoisotopic (exact) mass is 296 g/mol. The zero-order chi connectivity index (χ0) is 14.6. The van der Waals surface area contributed by atoms with Gasteiger partial charge in [0, 0.05) is 24.8 Å². The number of sulfone groups is 1. The fourth-order valence-corrected chi connectivity index (χ4v) is 3.77. The first-order valence-corrected chi connectivity index (χ1v) is 9.13. The molecular weight excluding hydrogens is 272 g/mol. The van der Waals surface area contributed by atoms with Crippen LogP contribution < -0.4 is 10.2 Å². The lowest BCUT2D eigenvalue weighted by Crippen LogP contribution is -2.41. The first kappa shape index (κ1) is 15.3. The Hall–Kier alpha value is -1.07. The Labute approximate surface area is 122 Å². The van der Waals surface area contributed by atoms with Crippen molar-refractivity contribution >= 4 is 15.5 Å². The molecule has 1 fully saturated rings. The third kappa shape index (κ3) is 3.73. The number of hydrogen-bond donors (Lipinski definition) is 1. The average molecular weight is 296 g/mol. The van der Waals surface area contributed by atoms with Crippen LogP contribution in [0.25, 0.3) is 0 Å². The van der Waals surface area contributed by atoms with Crippen molar-refractivity contribution in [2.75, 3.05) is 36.0 Å². The maximum absolute atomic E-state index is 11.5. The van der Waals surface area contributed by atoms with Crippen LogP contribution in [0.15, 0.2) is 24.3 Å². The molecular formula is C15H24N2O2S. The molecule has 5 heteroatoms. The predicted molar refractivity (Wildman–Crippen MR) is 84.0 cm³/mol. The molecule has 1 aromatic carbocycles. The van der Waals surface area contributed by atoms with Crippen LogP contribution in [0.2, 0.25) is 0 Å². The van der Waals surface area contributed by atoms with Gasteiger partial charge in [0.25, 0.3) is 0 Å². The van der Waals surface area contributed by atoms with E-state index in [0.29, 0.717) is 13.1 Å². The van der Waals surface area contributed by atoms with E-state index in [-0.39, 0.29) is 17.5 Å². The third-order valence-corrected chi connectivity index (χ3v) is 5.40. The Bertz CT molecular complexity index is 529. The second-order valence-electron chi connectivity index (χ2n) is 5.37. The summed E-state index contributed by atoms with van der Waals surface area (Å²) in [6.07, 6.45) is 1.11. The zero-order valence-electron chi connectivity index (χ0n) is 12.3. The topological polar surface area (TPSA) is 49.4 Å². The van der Waals surface area contributed by atoms with E-state index in [2.05, 4.69) is 36.2 Å². The van der Waals surface area contributed by atoms with Gasteiger partial charge in [-0.25, -0.2) is 8.42 Å². The van der Waals surface area contributed by atoms with Crippen molar-refractivity contribution in [3.8, 4) is 0 Å². The van der Waals surface area contributed by atoms with Gasteiger partial charge in [-0.05, 0) is 31.5 Å². The highest BCUT2D eigenvalue weighted by atomic mass is 32.2. The number of para-hydroxylation sites is 1. The minimum Gasteiger partial charge on any atom is -0.369 e. The smallest absolute Gasteiger partial charge is 0.153 e. The van der Waals surface area contributed by atoms with E-state index in [1.165, 1.54) is 11.3 Å². The van der Waals surface area contributed by atoms with Crippen LogP contribution in [-0.4, -0.2) is 39.6 Å².